The largest absolute Gasteiger partial charge is 0.495 e. The third kappa shape index (κ3) is 3.13. The van der Waals surface area contributed by atoms with Crippen LogP contribution in [0.25, 0.3) is 16.9 Å². The summed E-state index contributed by atoms with van der Waals surface area (Å²) >= 11 is 6.29. The van der Waals surface area contributed by atoms with Gasteiger partial charge in [-0.15, -0.1) is 0 Å². The van der Waals surface area contributed by atoms with Gasteiger partial charge < -0.3 is 19.1 Å². The second-order valence-electron chi connectivity index (χ2n) is 6.63. The molecular weight excluding hydrogens is 350 g/mol. The number of aliphatic hydroxyl groups excluding tert-OH is 1. The normalized spacial score (nSPS) is 14.8. The number of ether oxygens (including phenoxy) is 1. The predicted molar refractivity (Wildman–Crippen MR) is 104 cm³/mol. The highest BCUT2D eigenvalue weighted by atomic mass is 35.5. The zero-order valence-electron chi connectivity index (χ0n) is 14.8. The number of aliphatic hydroxyl groups is 1. The SMILES string of the molecule is COc1cc(CO)c(-c2cn3ccc(N4CCCCC4)cc3n2)cc1Cl. The van der Waals surface area contributed by atoms with E-state index in [1.165, 1.54) is 24.9 Å². The van der Waals surface area contributed by atoms with Crippen LogP contribution >= 0.6 is 11.6 Å². The van der Waals surface area contributed by atoms with Gasteiger partial charge in [-0.3, -0.25) is 0 Å². The van der Waals surface area contributed by atoms with Gasteiger partial charge in [0.1, 0.15) is 11.4 Å². The van der Waals surface area contributed by atoms with Crippen molar-refractivity contribution in [3.05, 3.63) is 47.2 Å². The molecule has 1 saturated heterocycles. The summed E-state index contributed by atoms with van der Waals surface area (Å²) in [7, 11) is 1.56. The Morgan fingerprint density at radius 2 is 2.00 bits per heavy atom. The van der Waals surface area contributed by atoms with Crippen molar-refractivity contribution in [1.29, 1.82) is 0 Å². The first kappa shape index (κ1) is 17.2. The Morgan fingerprint density at radius 3 is 2.73 bits per heavy atom. The maximum atomic E-state index is 9.74. The van der Waals surface area contributed by atoms with Crippen molar-refractivity contribution in [3.63, 3.8) is 0 Å². The summed E-state index contributed by atoms with van der Waals surface area (Å²) in [6.45, 7) is 2.11. The number of hydrogen-bond acceptors (Lipinski definition) is 4. The topological polar surface area (TPSA) is 50.0 Å². The quantitative estimate of drug-likeness (QED) is 0.748. The Hall–Kier alpha value is -2.24. The van der Waals surface area contributed by atoms with Gasteiger partial charge in [-0.1, -0.05) is 11.6 Å². The van der Waals surface area contributed by atoms with Gasteiger partial charge in [0.05, 0.1) is 24.4 Å². The van der Waals surface area contributed by atoms with Crippen molar-refractivity contribution >= 4 is 22.9 Å². The molecule has 0 unspecified atom stereocenters. The highest BCUT2D eigenvalue weighted by Gasteiger charge is 2.15. The van der Waals surface area contributed by atoms with E-state index in [-0.39, 0.29) is 6.61 Å². The molecule has 3 aromatic rings. The summed E-state index contributed by atoms with van der Waals surface area (Å²) in [4.78, 5) is 7.19. The number of anilines is 1. The summed E-state index contributed by atoms with van der Waals surface area (Å²) in [5.74, 6) is 0.551. The summed E-state index contributed by atoms with van der Waals surface area (Å²) in [6, 6.07) is 7.83. The lowest BCUT2D eigenvalue weighted by atomic mass is 10.1. The van der Waals surface area contributed by atoms with E-state index in [9.17, 15) is 5.11 Å². The fourth-order valence-electron chi connectivity index (χ4n) is 3.57. The Kier molecular flexibility index (Phi) is 4.74. The van der Waals surface area contributed by atoms with E-state index in [1.54, 1.807) is 19.2 Å². The lowest BCUT2D eigenvalue weighted by molar-refractivity contribution is 0.281. The third-order valence-electron chi connectivity index (χ3n) is 4.99. The number of methoxy groups -OCH3 is 1. The molecule has 4 rings (SSSR count). The molecule has 0 radical (unpaired) electrons. The molecule has 5 nitrogen and oxygen atoms in total. The van der Waals surface area contributed by atoms with Gasteiger partial charge in [0.2, 0.25) is 0 Å². The summed E-state index contributed by atoms with van der Waals surface area (Å²) in [5, 5.41) is 10.2. The Labute approximate surface area is 157 Å². The smallest absolute Gasteiger partial charge is 0.139 e. The standard InChI is InChI=1S/C20H22ClN3O2/c1-26-19-9-14(13-25)16(11-17(19)21)18-12-24-8-5-15(10-20(24)22-18)23-6-3-2-4-7-23/h5,8-12,25H,2-4,6-7,13H2,1H3. The van der Waals surface area contributed by atoms with Crippen molar-refractivity contribution in [3.8, 4) is 17.0 Å². The molecule has 0 saturated carbocycles. The van der Waals surface area contributed by atoms with E-state index >= 15 is 0 Å². The molecule has 1 aliphatic rings. The van der Waals surface area contributed by atoms with Gasteiger partial charge in [0, 0.05) is 42.8 Å². The number of pyridine rings is 1. The van der Waals surface area contributed by atoms with Crippen LogP contribution in [0.3, 0.4) is 0 Å². The van der Waals surface area contributed by atoms with E-state index in [1.807, 2.05) is 16.8 Å². The third-order valence-corrected chi connectivity index (χ3v) is 5.28. The molecule has 26 heavy (non-hydrogen) atoms. The summed E-state index contributed by atoms with van der Waals surface area (Å²) < 4.78 is 7.25. The second kappa shape index (κ2) is 7.17. The van der Waals surface area contributed by atoms with Crippen LogP contribution in [0.4, 0.5) is 5.69 Å². The van der Waals surface area contributed by atoms with Crippen LogP contribution in [0.15, 0.2) is 36.7 Å². The van der Waals surface area contributed by atoms with Crippen LogP contribution in [0, 0.1) is 0 Å². The first-order valence-electron chi connectivity index (χ1n) is 8.91. The minimum Gasteiger partial charge on any atom is -0.495 e. The van der Waals surface area contributed by atoms with Gasteiger partial charge in [0.15, 0.2) is 0 Å². The van der Waals surface area contributed by atoms with Crippen LogP contribution in [-0.4, -0.2) is 34.7 Å². The molecular formula is C20H22ClN3O2. The molecule has 1 fully saturated rings. The number of imidazole rings is 1. The highest BCUT2D eigenvalue weighted by molar-refractivity contribution is 6.32. The number of hydrogen-bond donors (Lipinski definition) is 1. The van der Waals surface area contributed by atoms with Crippen molar-refractivity contribution in [1.82, 2.24) is 9.38 Å². The number of halogens is 1. The zero-order chi connectivity index (χ0) is 18.1. The van der Waals surface area contributed by atoms with Crippen molar-refractivity contribution < 1.29 is 9.84 Å². The number of piperidine rings is 1. The molecule has 0 spiro atoms. The van der Waals surface area contributed by atoms with Crippen LogP contribution < -0.4 is 9.64 Å². The highest BCUT2D eigenvalue weighted by Crippen LogP contribution is 2.34. The van der Waals surface area contributed by atoms with Crippen LogP contribution in [0.5, 0.6) is 5.75 Å². The van der Waals surface area contributed by atoms with Crippen LogP contribution in [-0.2, 0) is 6.61 Å². The van der Waals surface area contributed by atoms with Gasteiger partial charge in [-0.2, -0.15) is 0 Å². The Balaban J connectivity index is 1.74. The van der Waals surface area contributed by atoms with Crippen LogP contribution in [0.2, 0.25) is 5.02 Å². The molecule has 136 valence electrons. The van der Waals surface area contributed by atoms with Crippen molar-refractivity contribution in [2.24, 2.45) is 0 Å². The predicted octanol–water partition coefficient (Wildman–Crippen LogP) is 4.15. The maximum absolute atomic E-state index is 9.74. The average molecular weight is 372 g/mol. The van der Waals surface area contributed by atoms with Crippen molar-refractivity contribution in [2.45, 2.75) is 25.9 Å². The van der Waals surface area contributed by atoms with Gasteiger partial charge >= 0.3 is 0 Å². The number of nitrogens with zero attached hydrogens (tertiary/aromatic N) is 3. The molecule has 3 heterocycles. The van der Waals surface area contributed by atoms with Gasteiger partial charge in [0.25, 0.3) is 0 Å². The van der Waals surface area contributed by atoms with E-state index in [0.717, 1.165) is 35.6 Å². The molecule has 0 amide bonds. The fraction of sp³-hybridized carbons (Fsp3) is 0.350. The monoisotopic (exact) mass is 371 g/mol. The number of rotatable bonds is 4. The Bertz CT molecular complexity index is 932. The molecule has 0 bridgehead atoms. The minimum atomic E-state index is -0.101. The number of aromatic nitrogens is 2. The number of fused-ring (bicyclic) bond motifs is 1. The number of benzene rings is 1. The van der Waals surface area contributed by atoms with E-state index < -0.39 is 0 Å². The lowest BCUT2D eigenvalue weighted by Gasteiger charge is -2.28. The maximum Gasteiger partial charge on any atom is 0.139 e. The molecule has 1 N–H and O–H groups in total. The van der Waals surface area contributed by atoms with Crippen molar-refractivity contribution in [2.75, 3.05) is 25.1 Å². The average Bonchev–Trinajstić information content (AvgIpc) is 3.11. The Morgan fingerprint density at radius 1 is 1.19 bits per heavy atom. The van der Waals surface area contributed by atoms with E-state index in [4.69, 9.17) is 21.3 Å². The fourth-order valence-corrected chi connectivity index (χ4v) is 3.81. The molecule has 0 aliphatic carbocycles. The molecule has 1 aliphatic heterocycles. The minimum absolute atomic E-state index is 0.101. The molecule has 2 aromatic heterocycles. The zero-order valence-corrected chi connectivity index (χ0v) is 15.5. The second-order valence-corrected chi connectivity index (χ2v) is 7.03. The van der Waals surface area contributed by atoms with Gasteiger partial charge in [-0.25, -0.2) is 4.98 Å². The van der Waals surface area contributed by atoms with Gasteiger partial charge in [-0.05, 0) is 43.0 Å². The van der Waals surface area contributed by atoms with Crippen LogP contribution in [0.1, 0.15) is 24.8 Å². The summed E-state index contributed by atoms with van der Waals surface area (Å²) in [6.07, 6.45) is 7.81. The lowest BCUT2D eigenvalue weighted by Crippen LogP contribution is -2.29. The molecule has 1 aromatic carbocycles. The summed E-state index contributed by atoms with van der Waals surface area (Å²) in [5.41, 5.74) is 4.45. The molecule has 6 heteroatoms. The first-order chi connectivity index (χ1) is 12.7. The van der Waals surface area contributed by atoms with E-state index in [0.29, 0.717) is 10.8 Å². The van der Waals surface area contributed by atoms with E-state index in [2.05, 4.69) is 17.0 Å². The molecule has 0 atom stereocenters. The first-order valence-corrected chi connectivity index (χ1v) is 9.29.